The van der Waals surface area contributed by atoms with Crippen molar-refractivity contribution < 1.29 is 9.90 Å². The van der Waals surface area contributed by atoms with E-state index in [-0.39, 0.29) is 6.42 Å². The highest BCUT2D eigenvalue weighted by atomic mass is 35.5. The molecule has 1 aliphatic rings. The average molecular weight is 299 g/mol. The number of aliphatic carboxylic acids is 1. The van der Waals surface area contributed by atoms with E-state index in [4.69, 9.17) is 28.9 Å². The second-order valence-electron chi connectivity index (χ2n) is 5.03. The van der Waals surface area contributed by atoms with Crippen LogP contribution in [0.3, 0.4) is 0 Å². The lowest BCUT2D eigenvalue weighted by molar-refractivity contribution is -0.143. The molecule has 1 aromatic carbocycles. The molecule has 0 amide bonds. The van der Waals surface area contributed by atoms with Crippen molar-refractivity contribution in [2.75, 3.05) is 0 Å². The largest absolute Gasteiger partial charge is 0.480 e. The smallest absolute Gasteiger partial charge is 0.324 e. The van der Waals surface area contributed by atoms with Gasteiger partial charge in [0.05, 0.1) is 10.5 Å². The normalized spacial score (nSPS) is 22.5. The van der Waals surface area contributed by atoms with E-state index in [1.807, 2.05) is 0 Å². The number of aromatic nitrogens is 1. The van der Waals surface area contributed by atoms with Gasteiger partial charge in [0.1, 0.15) is 5.54 Å². The van der Waals surface area contributed by atoms with E-state index in [2.05, 4.69) is 4.98 Å². The lowest BCUT2D eigenvalue weighted by atomic mass is 9.80. The fourth-order valence-corrected chi connectivity index (χ4v) is 3.22. The van der Waals surface area contributed by atoms with E-state index >= 15 is 0 Å². The van der Waals surface area contributed by atoms with Crippen LogP contribution in [-0.2, 0) is 17.6 Å². The minimum atomic E-state index is -1.21. The Morgan fingerprint density at radius 2 is 2.16 bits per heavy atom. The summed E-state index contributed by atoms with van der Waals surface area (Å²) in [5, 5.41) is 11.2. The number of H-pyrrole nitrogens is 1. The molecule has 4 N–H and O–H groups in total. The first kappa shape index (κ1) is 12.8. The third-order valence-corrected chi connectivity index (χ3v) is 4.28. The first-order chi connectivity index (χ1) is 8.90. The second-order valence-corrected chi connectivity index (χ2v) is 5.87. The number of carboxylic acid groups (broad SMARTS) is 1. The number of benzene rings is 1. The van der Waals surface area contributed by atoms with Crippen LogP contribution in [0.4, 0.5) is 0 Å². The zero-order valence-corrected chi connectivity index (χ0v) is 11.5. The standard InChI is InChI=1S/C13H12Cl2N2O2/c14-6-3-7-8-5-13(16,12(18)19)2-1-10(8)17-11(7)9(15)4-6/h3-4,17H,1-2,5,16H2,(H,18,19)/t13-/m1/s1. The molecule has 0 spiro atoms. The number of hydrogen-bond donors (Lipinski definition) is 3. The van der Waals surface area contributed by atoms with E-state index in [1.165, 1.54) is 0 Å². The first-order valence-electron chi connectivity index (χ1n) is 5.91. The van der Waals surface area contributed by atoms with Crippen molar-refractivity contribution in [3.05, 3.63) is 33.4 Å². The fraction of sp³-hybridized carbons (Fsp3) is 0.308. The van der Waals surface area contributed by atoms with Gasteiger partial charge in [-0.15, -0.1) is 0 Å². The van der Waals surface area contributed by atoms with Crippen molar-refractivity contribution in [3.63, 3.8) is 0 Å². The molecule has 0 fully saturated rings. The maximum Gasteiger partial charge on any atom is 0.324 e. The minimum Gasteiger partial charge on any atom is -0.480 e. The molecule has 0 saturated carbocycles. The molecule has 1 atom stereocenters. The topological polar surface area (TPSA) is 79.1 Å². The average Bonchev–Trinajstić information content (AvgIpc) is 2.67. The SMILES string of the molecule is N[C@]1(C(=O)O)CCc2[nH]c3c(Cl)cc(Cl)cc3c2C1. The number of carbonyl (C=O) groups is 1. The van der Waals surface area contributed by atoms with Gasteiger partial charge in [0, 0.05) is 22.5 Å². The summed E-state index contributed by atoms with van der Waals surface area (Å²) < 4.78 is 0. The molecule has 0 unspecified atom stereocenters. The van der Waals surface area contributed by atoms with Crippen LogP contribution in [0.5, 0.6) is 0 Å². The summed E-state index contributed by atoms with van der Waals surface area (Å²) in [6.45, 7) is 0. The predicted octanol–water partition coefficient (Wildman–Crippen LogP) is 2.75. The van der Waals surface area contributed by atoms with Crippen molar-refractivity contribution >= 4 is 40.1 Å². The summed E-state index contributed by atoms with van der Waals surface area (Å²) in [6.07, 6.45) is 1.29. The Morgan fingerprint density at radius 3 is 2.84 bits per heavy atom. The molecule has 2 aromatic rings. The third-order valence-electron chi connectivity index (χ3n) is 3.76. The molecular weight excluding hydrogens is 287 g/mol. The molecule has 6 heteroatoms. The van der Waals surface area contributed by atoms with E-state index in [9.17, 15) is 9.90 Å². The van der Waals surface area contributed by atoms with Gasteiger partial charge in [-0.25, -0.2) is 0 Å². The van der Waals surface area contributed by atoms with Crippen molar-refractivity contribution in [2.24, 2.45) is 5.73 Å². The first-order valence-corrected chi connectivity index (χ1v) is 6.67. The Hall–Kier alpha value is -1.23. The summed E-state index contributed by atoms with van der Waals surface area (Å²) in [7, 11) is 0. The highest BCUT2D eigenvalue weighted by molar-refractivity contribution is 6.38. The summed E-state index contributed by atoms with van der Waals surface area (Å²) in [5.74, 6) is -0.972. The number of aryl methyl sites for hydroxylation is 1. The molecule has 0 radical (unpaired) electrons. The van der Waals surface area contributed by atoms with Crippen LogP contribution in [0.15, 0.2) is 12.1 Å². The summed E-state index contributed by atoms with van der Waals surface area (Å²) in [6, 6.07) is 3.46. The monoisotopic (exact) mass is 298 g/mol. The Kier molecular flexibility index (Phi) is 2.78. The quantitative estimate of drug-likeness (QED) is 0.757. The van der Waals surface area contributed by atoms with Crippen molar-refractivity contribution in [3.8, 4) is 0 Å². The lowest BCUT2D eigenvalue weighted by Crippen LogP contribution is -2.52. The minimum absolute atomic E-state index is 0.286. The van der Waals surface area contributed by atoms with Crippen molar-refractivity contribution in [2.45, 2.75) is 24.8 Å². The van der Waals surface area contributed by atoms with Gasteiger partial charge in [0.15, 0.2) is 0 Å². The maximum atomic E-state index is 11.3. The summed E-state index contributed by atoms with van der Waals surface area (Å²) >= 11 is 12.2. The third kappa shape index (κ3) is 1.91. The predicted molar refractivity (Wildman–Crippen MR) is 74.9 cm³/mol. The zero-order valence-electron chi connectivity index (χ0n) is 9.96. The Balaban J connectivity index is 2.21. The lowest BCUT2D eigenvalue weighted by Gasteiger charge is -2.29. The summed E-state index contributed by atoms with van der Waals surface area (Å²) in [5.41, 5.74) is 7.46. The van der Waals surface area contributed by atoms with Crippen LogP contribution >= 0.6 is 23.2 Å². The molecule has 0 saturated heterocycles. The maximum absolute atomic E-state index is 11.3. The molecule has 1 heterocycles. The Bertz CT molecular complexity index is 695. The van der Waals surface area contributed by atoms with Crippen LogP contribution in [0.25, 0.3) is 10.9 Å². The number of hydrogen-bond acceptors (Lipinski definition) is 2. The van der Waals surface area contributed by atoms with Crippen molar-refractivity contribution in [1.29, 1.82) is 0 Å². The number of rotatable bonds is 1. The number of carboxylic acids is 1. The second kappa shape index (κ2) is 4.13. The summed E-state index contributed by atoms with van der Waals surface area (Å²) in [4.78, 5) is 14.5. The highest BCUT2D eigenvalue weighted by Gasteiger charge is 2.39. The number of nitrogens with one attached hydrogen (secondary N) is 1. The van der Waals surface area contributed by atoms with E-state index in [0.29, 0.717) is 22.9 Å². The molecule has 1 aromatic heterocycles. The fourth-order valence-electron chi connectivity index (χ4n) is 2.68. The number of halogens is 2. The van der Waals surface area contributed by atoms with Gasteiger partial charge in [-0.05, 0) is 30.5 Å². The number of nitrogens with two attached hydrogens (primary N) is 1. The van der Waals surface area contributed by atoms with Gasteiger partial charge in [-0.3, -0.25) is 4.79 Å². The molecule has 1 aliphatic carbocycles. The van der Waals surface area contributed by atoms with Gasteiger partial charge < -0.3 is 15.8 Å². The Morgan fingerprint density at radius 1 is 1.42 bits per heavy atom. The van der Waals surface area contributed by atoms with Crippen molar-refractivity contribution in [1.82, 2.24) is 4.98 Å². The molecule has 19 heavy (non-hydrogen) atoms. The number of aromatic amines is 1. The number of fused-ring (bicyclic) bond motifs is 3. The molecule has 3 rings (SSSR count). The van der Waals surface area contributed by atoms with E-state index in [0.717, 1.165) is 22.2 Å². The van der Waals surface area contributed by atoms with Crippen LogP contribution < -0.4 is 5.73 Å². The van der Waals surface area contributed by atoms with E-state index in [1.54, 1.807) is 12.1 Å². The van der Waals surface area contributed by atoms with Crippen LogP contribution in [0, 0.1) is 0 Å². The van der Waals surface area contributed by atoms with Crippen LogP contribution in [0.1, 0.15) is 17.7 Å². The molecule has 100 valence electrons. The molecular formula is C13H12Cl2N2O2. The van der Waals surface area contributed by atoms with E-state index < -0.39 is 11.5 Å². The van der Waals surface area contributed by atoms with Gasteiger partial charge in [0.2, 0.25) is 0 Å². The van der Waals surface area contributed by atoms with Crippen LogP contribution in [-0.4, -0.2) is 21.6 Å². The molecule has 4 nitrogen and oxygen atoms in total. The van der Waals surface area contributed by atoms with Gasteiger partial charge in [0.25, 0.3) is 0 Å². The van der Waals surface area contributed by atoms with Crippen LogP contribution in [0.2, 0.25) is 10.0 Å². The van der Waals surface area contributed by atoms with Gasteiger partial charge >= 0.3 is 5.97 Å². The zero-order chi connectivity index (χ0) is 13.8. The Labute approximate surface area is 119 Å². The molecule has 0 bridgehead atoms. The highest BCUT2D eigenvalue weighted by Crippen LogP contribution is 2.37. The van der Waals surface area contributed by atoms with Gasteiger partial charge in [-0.2, -0.15) is 0 Å². The van der Waals surface area contributed by atoms with Gasteiger partial charge in [-0.1, -0.05) is 23.2 Å². The molecule has 0 aliphatic heterocycles.